The van der Waals surface area contributed by atoms with Crippen molar-refractivity contribution in [3.8, 4) is 0 Å². The summed E-state index contributed by atoms with van der Waals surface area (Å²) in [5.41, 5.74) is 2.61. The maximum absolute atomic E-state index is 12.2. The van der Waals surface area contributed by atoms with Crippen LogP contribution in [0.1, 0.15) is 26.3 Å². The highest BCUT2D eigenvalue weighted by atomic mass is 79.9. The molecule has 0 bridgehead atoms. The van der Waals surface area contributed by atoms with E-state index in [-0.39, 0.29) is 11.4 Å². The third-order valence-corrected chi connectivity index (χ3v) is 3.92. The summed E-state index contributed by atoms with van der Waals surface area (Å²) in [4.78, 5) is 12.2. The zero-order chi connectivity index (χ0) is 14.0. The van der Waals surface area contributed by atoms with Crippen LogP contribution in [0.3, 0.4) is 0 Å². The van der Waals surface area contributed by atoms with Crippen molar-refractivity contribution in [2.45, 2.75) is 26.3 Å². The van der Waals surface area contributed by atoms with Crippen LogP contribution in [-0.4, -0.2) is 24.5 Å². The quantitative estimate of drug-likeness (QED) is 0.894. The molecule has 0 radical (unpaired) electrons. The summed E-state index contributed by atoms with van der Waals surface area (Å²) in [7, 11) is 0. The second kappa shape index (κ2) is 5.47. The molecule has 0 atom stereocenters. The number of halogens is 1. The fraction of sp³-hybridized carbons (Fsp3) is 0.400. The first-order valence-electron chi connectivity index (χ1n) is 6.48. The Balaban J connectivity index is 2.46. The molecule has 1 aliphatic heterocycles. The average Bonchev–Trinajstić information content (AvgIpc) is 2.57. The van der Waals surface area contributed by atoms with Crippen molar-refractivity contribution in [2.24, 2.45) is 0 Å². The zero-order valence-electron chi connectivity index (χ0n) is 11.5. The van der Waals surface area contributed by atoms with E-state index in [1.165, 1.54) is 0 Å². The summed E-state index contributed by atoms with van der Waals surface area (Å²) in [6, 6.07) is 7.89. The molecule has 3 nitrogen and oxygen atoms in total. The molecule has 0 saturated carbocycles. The number of benzene rings is 1. The van der Waals surface area contributed by atoms with Crippen molar-refractivity contribution in [1.29, 1.82) is 0 Å². The van der Waals surface area contributed by atoms with Crippen LogP contribution in [0.2, 0.25) is 0 Å². The average molecular weight is 323 g/mol. The van der Waals surface area contributed by atoms with Gasteiger partial charge in [0.15, 0.2) is 0 Å². The van der Waals surface area contributed by atoms with Crippen LogP contribution in [0.5, 0.6) is 0 Å². The fourth-order valence-electron chi connectivity index (χ4n) is 2.35. The van der Waals surface area contributed by atoms with E-state index in [0.717, 1.165) is 34.3 Å². The molecular formula is C15H19BrN2O. The lowest BCUT2D eigenvalue weighted by atomic mass is 9.91. The van der Waals surface area contributed by atoms with E-state index < -0.39 is 0 Å². The minimum absolute atomic E-state index is 0.0141. The molecule has 0 aliphatic carbocycles. The first kappa shape index (κ1) is 14.3. The molecule has 102 valence electrons. The molecule has 0 saturated heterocycles. The van der Waals surface area contributed by atoms with Gasteiger partial charge < -0.3 is 10.6 Å². The first-order valence-corrected chi connectivity index (χ1v) is 7.28. The number of nitrogens with one attached hydrogen (secondary N) is 2. The van der Waals surface area contributed by atoms with Gasteiger partial charge in [-0.2, -0.15) is 0 Å². The third kappa shape index (κ3) is 2.90. The molecular weight excluding hydrogens is 304 g/mol. The molecule has 1 aromatic rings. The SMILES string of the molecule is CCNCC1=C(c2ccc(Br)cc2)C(=O)NC1(C)C. The molecule has 2 rings (SSSR count). The Hall–Kier alpha value is -1.13. The van der Waals surface area contributed by atoms with E-state index in [2.05, 4.69) is 33.5 Å². The Kier molecular flexibility index (Phi) is 4.11. The molecule has 0 unspecified atom stereocenters. The van der Waals surface area contributed by atoms with E-state index in [4.69, 9.17) is 0 Å². The Bertz CT molecular complexity index is 517. The number of carbonyl (C=O) groups excluding carboxylic acids is 1. The van der Waals surface area contributed by atoms with Crippen molar-refractivity contribution in [3.63, 3.8) is 0 Å². The van der Waals surface area contributed by atoms with Crippen LogP contribution in [0.15, 0.2) is 34.3 Å². The second-order valence-electron chi connectivity index (χ2n) is 5.22. The van der Waals surface area contributed by atoms with Crippen LogP contribution < -0.4 is 10.6 Å². The van der Waals surface area contributed by atoms with Gasteiger partial charge in [0, 0.05) is 16.6 Å². The van der Waals surface area contributed by atoms with Gasteiger partial charge in [-0.1, -0.05) is 35.0 Å². The summed E-state index contributed by atoms with van der Waals surface area (Å²) in [6.07, 6.45) is 0. The van der Waals surface area contributed by atoms with Crippen molar-refractivity contribution in [3.05, 3.63) is 39.9 Å². The maximum atomic E-state index is 12.2. The van der Waals surface area contributed by atoms with Gasteiger partial charge in [-0.25, -0.2) is 0 Å². The Morgan fingerprint density at radius 1 is 1.26 bits per heavy atom. The van der Waals surface area contributed by atoms with Crippen molar-refractivity contribution in [2.75, 3.05) is 13.1 Å². The van der Waals surface area contributed by atoms with Gasteiger partial charge in [-0.3, -0.25) is 4.79 Å². The van der Waals surface area contributed by atoms with Crippen LogP contribution >= 0.6 is 15.9 Å². The standard InChI is InChI=1S/C15H19BrN2O/c1-4-17-9-12-13(14(19)18-15(12,2)3)10-5-7-11(16)8-6-10/h5-8,17H,4,9H2,1-3H3,(H,18,19). The number of rotatable bonds is 4. The summed E-state index contributed by atoms with van der Waals surface area (Å²) < 4.78 is 1.02. The molecule has 0 aromatic heterocycles. The van der Waals surface area contributed by atoms with E-state index >= 15 is 0 Å². The smallest absolute Gasteiger partial charge is 0.252 e. The van der Waals surface area contributed by atoms with Crippen molar-refractivity contribution in [1.82, 2.24) is 10.6 Å². The van der Waals surface area contributed by atoms with E-state index in [0.29, 0.717) is 0 Å². The number of hydrogen-bond donors (Lipinski definition) is 2. The van der Waals surface area contributed by atoms with E-state index in [1.54, 1.807) is 0 Å². The molecule has 1 amide bonds. The zero-order valence-corrected chi connectivity index (χ0v) is 13.1. The van der Waals surface area contributed by atoms with Gasteiger partial charge in [0.1, 0.15) is 0 Å². The van der Waals surface area contributed by atoms with Gasteiger partial charge >= 0.3 is 0 Å². The fourth-order valence-corrected chi connectivity index (χ4v) is 2.62. The third-order valence-electron chi connectivity index (χ3n) is 3.39. The summed E-state index contributed by atoms with van der Waals surface area (Å²) >= 11 is 3.42. The van der Waals surface area contributed by atoms with Crippen molar-refractivity contribution >= 4 is 27.4 Å². The van der Waals surface area contributed by atoms with Crippen LogP contribution in [0.4, 0.5) is 0 Å². The highest BCUT2D eigenvalue weighted by molar-refractivity contribution is 9.10. The monoisotopic (exact) mass is 322 g/mol. The number of amides is 1. The topological polar surface area (TPSA) is 41.1 Å². The Morgan fingerprint density at radius 2 is 1.89 bits per heavy atom. The molecule has 1 aliphatic rings. The molecule has 1 heterocycles. The molecule has 0 fully saturated rings. The van der Waals surface area contributed by atoms with Crippen LogP contribution in [0.25, 0.3) is 5.57 Å². The largest absolute Gasteiger partial charge is 0.343 e. The van der Waals surface area contributed by atoms with Gasteiger partial charge in [0.25, 0.3) is 5.91 Å². The second-order valence-corrected chi connectivity index (χ2v) is 6.14. The normalized spacial score (nSPS) is 17.8. The van der Waals surface area contributed by atoms with Gasteiger partial charge in [-0.15, -0.1) is 0 Å². The highest BCUT2D eigenvalue weighted by Crippen LogP contribution is 2.33. The molecule has 4 heteroatoms. The Morgan fingerprint density at radius 3 is 2.47 bits per heavy atom. The van der Waals surface area contributed by atoms with Gasteiger partial charge in [0.05, 0.1) is 5.54 Å². The van der Waals surface area contributed by atoms with Gasteiger partial charge in [0.2, 0.25) is 0 Å². The van der Waals surface area contributed by atoms with E-state index in [1.807, 2.05) is 38.1 Å². The predicted octanol–water partition coefficient (Wildman–Crippen LogP) is 2.72. The molecule has 1 aromatic carbocycles. The minimum atomic E-state index is -0.290. The van der Waals surface area contributed by atoms with E-state index in [9.17, 15) is 4.79 Å². The predicted molar refractivity (Wildman–Crippen MR) is 81.8 cm³/mol. The molecule has 2 N–H and O–H groups in total. The first-order chi connectivity index (χ1) is 8.95. The van der Waals surface area contributed by atoms with Crippen LogP contribution in [0, 0.1) is 0 Å². The highest BCUT2D eigenvalue weighted by Gasteiger charge is 2.37. The summed E-state index contributed by atoms with van der Waals surface area (Å²) in [6.45, 7) is 7.78. The maximum Gasteiger partial charge on any atom is 0.252 e. The molecule has 19 heavy (non-hydrogen) atoms. The number of carbonyl (C=O) groups is 1. The summed E-state index contributed by atoms with van der Waals surface area (Å²) in [5.74, 6) is 0.0141. The molecule has 0 spiro atoms. The van der Waals surface area contributed by atoms with Gasteiger partial charge in [-0.05, 0) is 43.7 Å². The van der Waals surface area contributed by atoms with Crippen LogP contribution in [-0.2, 0) is 4.79 Å². The number of hydrogen-bond acceptors (Lipinski definition) is 2. The number of likely N-dealkylation sites (N-methyl/N-ethyl adjacent to an activating group) is 1. The minimum Gasteiger partial charge on any atom is -0.343 e. The Labute approximate surface area is 122 Å². The lowest BCUT2D eigenvalue weighted by Crippen LogP contribution is -2.40. The van der Waals surface area contributed by atoms with Crippen molar-refractivity contribution < 1.29 is 4.79 Å². The lowest BCUT2D eigenvalue weighted by molar-refractivity contribution is -0.115. The lowest BCUT2D eigenvalue weighted by Gasteiger charge is -2.23. The summed E-state index contributed by atoms with van der Waals surface area (Å²) in [5, 5.41) is 6.37.